The smallest absolute Gasteiger partial charge is 0.269 e. The highest BCUT2D eigenvalue weighted by Gasteiger charge is 2.15. The summed E-state index contributed by atoms with van der Waals surface area (Å²) in [6.07, 6.45) is 0. The van der Waals surface area contributed by atoms with Gasteiger partial charge in [0.25, 0.3) is 5.69 Å². The first-order valence-corrected chi connectivity index (χ1v) is 7.92. The number of hydrogen-bond donors (Lipinski definition) is 1. The number of nitrogens with one attached hydrogen (secondary N) is 1. The summed E-state index contributed by atoms with van der Waals surface area (Å²) in [7, 11) is 0. The summed E-state index contributed by atoms with van der Waals surface area (Å²) in [6.45, 7) is 1.91. The van der Waals surface area contributed by atoms with Gasteiger partial charge >= 0.3 is 0 Å². The van der Waals surface area contributed by atoms with E-state index in [4.69, 9.17) is 4.42 Å². The molecular weight excluding hydrogens is 376 g/mol. The molecule has 0 saturated carbocycles. The lowest BCUT2D eigenvalue weighted by Gasteiger charge is -2.11. The molecule has 0 radical (unpaired) electrons. The van der Waals surface area contributed by atoms with E-state index in [1.807, 2.05) is 31.2 Å². The zero-order chi connectivity index (χ0) is 17.1. The van der Waals surface area contributed by atoms with E-state index >= 15 is 0 Å². The summed E-state index contributed by atoms with van der Waals surface area (Å²) < 4.78 is 6.66. The molecule has 0 aliphatic heterocycles. The number of hydrogen-bond acceptors (Lipinski definition) is 6. The molecule has 1 N–H and O–H groups in total. The van der Waals surface area contributed by atoms with Crippen molar-refractivity contribution in [1.29, 1.82) is 0 Å². The van der Waals surface area contributed by atoms with Crippen LogP contribution < -0.4 is 5.32 Å². The second kappa shape index (κ2) is 6.79. The molecule has 0 bridgehead atoms. The van der Waals surface area contributed by atoms with Crippen LogP contribution in [-0.4, -0.2) is 15.1 Å². The number of non-ortho nitro benzene ring substituents is 1. The molecule has 2 aromatic carbocycles. The molecule has 122 valence electrons. The Labute approximate surface area is 146 Å². The molecule has 0 saturated heterocycles. The van der Waals surface area contributed by atoms with Crippen LogP contribution >= 0.6 is 15.9 Å². The third kappa shape index (κ3) is 3.60. The predicted molar refractivity (Wildman–Crippen MR) is 92.6 cm³/mol. The third-order valence-electron chi connectivity index (χ3n) is 3.36. The van der Waals surface area contributed by atoms with Gasteiger partial charge in [0.15, 0.2) is 0 Å². The molecule has 0 aliphatic carbocycles. The quantitative estimate of drug-likeness (QED) is 0.507. The number of nitro groups is 1. The molecule has 7 nitrogen and oxygen atoms in total. The molecule has 1 heterocycles. The number of benzene rings is 2. The Morgan fingerprint density at radius 3 is 2.42 bits per heavy atom. The van der Waals surface area contributed by atoms with Gasteiger partial charge in [-0.1, -0.05) is 15.9 Å². The Hall–Kier alpha value is -2.74. The van der Waals surface area contributed by atoms with Crippen molar-refractivity contribution >= 4 is 27.3 Å². The first-order valence-electron chi connectivity index (χ1n) is 7.13. The number of nitrogens with zero attached hydrogens (tertiary/aromatic N) is 3. The molecular formula is C16H13BrN4O3. The van der Waals surface area contributed by atoms with Crippen LogP contribution in [0, 0.1) is 10.1 Å². The Bertz CT molecular complexity index is 847. The molecule has 24 heavy (non-hydrogen) atoms. The predicted octanol–water partition coefficient (Wildman–Crippen LogP) is 4.58. The molecule has 8 heteroatoms. The topological polar surface area (TPSA) is 94.1 Å². The van der Waals surface area contributed by atoms with Crippen molar-refractivity contribution in [3.63, 3.8) is 0 Å². The molecule has 3 rings (SSSR count). The van der Waals surface area contributed by atoms with Crippen molar-refractivity contribution in [2.75, 3.05) is 5.32 Å². The summed E-state index contributed by atoms with van der Waals surface area (Å²) in [6, 6.07) is 13.6. The number of anilines is 1. The monoisotopic (exact) mass is 388 g/mol. The van der Waals surface area contributed by atoms with Crippen molar-refractivity contribution in [2.45, 2.75) is 13.0 Å². The normalized spacial score (nSPS) is 11.9. The second-order valence-electron chi connectivity index (χ2n) is 5.12. The highest BCUT2D eigenvalue weighted by molar-refractivity contribution is 9.10. The van der Waals surface area contributed by atoms with Crippen molar-refractivity contribution < 1.29 is 9.34 Å². The molecule has 3 aromatic rings. The fourth-order valence-electron chi connectivity index (χ4n) is 2.11. The van der Waals surface area contributed by atoms with Gasteiger partial charge < -0.3 is 9.73 Å². The first kappa shape index (κ1) is 16.1. The lowest BCUT2D eigenvalue weighted by Crippen LogP contribution is -2.06. The van der Waals surface area contributed by atoms with E-state index in [0.29, 0.717) is 17.3 Å². The highest BCUT2D eigenvalue weighted by atomic mass is 79.9. The minimum absolute atomic E-state index is 0.0174. The average molecular weight is 389 g/mol. The Morgan fingerprint density at radius 1 is 1.12 bits per heavy atom. The Balaban J connectivity index is 1.74. The lowest BCUT2D eigenvalue weighted by atomic mass is 10.2. The summed E-state index contributed by atoms with van der Waals surface area (Å²) in [5.41, 5.74) is 1.58. The zero-order valence-electron chi connectivity index (χ0n) is 12.6. The van der Waals surface area contributed by atoms with Crippen LogP contribution in [0.2, 0.25) is 0 Å². The van der Waals surface area contributed by atoms with Gasteiger partial charge in [-0.2, -0.15) is 0 Å². The van der Waals surface area contributed by atoms with Gasteiger partial charge in [-0.25, -0.2) is 0 Å². The van der Waals surface area contributed by atoms with E-state index < -0.39 is 4.92 Å². The molecule has 0 fully saturated rings. The average Bonchev–Trinajstić information content (AvgIpc) is 3.07. The number of halogens is 1. The summed E-state index contributed by atoms with van der Waals surface area (Å²) in [5, 5.41) is 22.0. The summed E-state index contributed by atoms with van der Waals surface area (Å²) in [4.78, 5) is 10.2. The van der Waals surface area contributed by atoms with Crippen LogP contribution in [0.15, 0.2) is 57.4 Å². The fourth-order valence-corrected chi connectivity index (χ4v) is 2.37. The minimum Gasteiger partial charge on any atom is -0.418 e. The van der Waals surface area contributed by atoms with Crippen LogP contribution in [0.1, 0.15) is 18.9 Å². The van der Waals surface area contributed by atoms with Gasteiger partial charge in [-0.15, -0.1) is 10.2 Å². The van der Waals surface area contributed by atoms with Crippen molar-refractivity contribution in [1.82, 2.24) is 10.2 Å². The molecule has 0 spiro atoms. The largest absolute Gasteiger partial charge is 0.418 e. The molecule has 1 aromatic heterocycles. The van der Waals surface area contributed by atoms with Crippen LogP contribution in [0.25, 0.3) is 11.5 Å². The van der Waals surface area contributed by atoms with Gasteiger partial charge in [0.05, 0.1) is 4.92 Å². The second-order valence-corrected chi connectivity index (χ2v) is 6.04. The summed E-state index contributed by atoms with van der Waals surface area (Å²) >= 11 is 3.39. The van der Waals surface area contributed by atoms with Gasteiger partial charge in [-0.05, 0) is 43.3 Å². The fraction of sp³-hybridized carbons (Fsp3) is 0.125. The third-order valence-corrected chi connectivity index (χ3v) is 3.89. The molecule has 0 unspecified atom stereocenters. The van der Waals surface area contributed by atoms with E-state index in [-0.39, 0.29) is 11.7 Å². The van der Waals surface area contributed by atoms with Crippen molar-refractivity contribution in [2.24, 2.45) is 0 Å². The Morgan fingerprint density at radius 2 is 1.79 bits per heavy atom. The van der Waals surface area contributed by atoms with Gasteiger partial charge in [0.2, 0.25) is 11.8 Å². The van der Waals surface area contributed by atoms with Crippen LogP contribution in [0.3, 0.4) is 0 Å². The van der Waals surface area contributed by atoms with Gasteiger partial charge in [0, 0.05) is 27.9 Å². The standard InChI is InChI=1S/C16H13BrN4O3/c1-10(18-13-6-4-12(17)5-7-13)15-19-20-16(24-15)11-2-8-14(9-3-11)21(22)23/h2-10,18H,1H3/t10-/m0/s1. The van der Waals surface area contributed by atoms with Crippen molar-refractivity contribution in [3.05, 3.63) is 69.0 Å². The molecule has 0 amide bonds. The van der Waals surface area contributed by atoms with Gasteiger partial charge in [0.1, 0.15) is 6.04 Å². The number of aromatic nitrogens is 2. The van der Waals surface area contributed by atoms with E-state index in [9.17, 15) is 10.1 Å². The first-order chi connectivity index (χ1) is 11.5. The zero-order valence-corrected chi connectivity index (χ0v) is 14.2. The maximum absolute atomic E-state index is 10.7. The van der Waals surface area contributed by atoms with Gasteiger partial charge in [-0.3, -0.25) is 10.1 Å². The minimum atomic E-state index is -0.451. The van der Waals surface area contributed by atoms with Crippen LogP contribution in [0.5, 0.6) is 0 Å². The summed E-state index contributed by atoms with van der Waals surface area (Å²) in [5.74, 6) is 0.760. The van der Waals surface area contributed by atoms with E-state index in [1.54, 1.807) is 12.1 Å². The van der Waals surface area contributed by atoms with Crippen LogP contribution in [0.4, 0.5) is 11.4 Å². The van der Waals surface area contributed by atoms with E-state index in [0.717, 1.165) is 10.2 Å². The lowest BCUT2D eigenvalue weighted by molar-refractivity contribution is -0.384. The van der Waals surface area contributed by atoms with Crippen LogP contribution in [-0.2, 0) is 0 Å². The molecule has 1 atom stereocenters. The van der Waals surface area contributed by atoms with Crippen molar-refractivity contribution in [3.8, 4) is 11.5 Å². The van der Waals surface area contributed by atoms with E-state index in [1.165, 1.54) is 12.1 Å². The maximum atomic E-state index is 10.7. The Kier molecular flexibility index (Phi) is 4.57. The molecule has 0 aliphatic rings. The van der Waals surface area contributed by atoms with E-state index in [2.05, 4.69) is 31.4 Å². The highest BCUT2D eigenvalue weighted by Crippen LogP contribution is 2.25. The maximum Gasteiger partial charge on any atom is 0.269 e. The number of nitro benzene ring substituents is 1. The SMILES string of the molecule is C[C@H](Nc1ccc(Br)cc1)c1nnc(-c2ccc([N+](=O)[O-])cc2)o1. The number of rotatable bonds is 5.